The number of aryl methyl sites for hydroxylation is 1. The molecule has 0 radical (unpaired) electrons. The van der Waals surface area contributed by atoms with E-state index in [1.807, 2.05) is 30.0 Å². The largest absolute Gasteiger partial charge is 0.505 e. The molecule has 8 nitrogen and oxygen atoms in total. The molecule has 0 bridgehead atoms. The van der Waals surface area contributed by atoms with Crippen LogP contribution in [-0.4, -0.2) is 48.7 Å². The van der Waals surface area contributed by atoms with Gasteiger partial charge in [-0.05, 0) is 66.8 Å². The zero-order valence-electron chi connectivity index (χ0n) is 18.8. The maximum absolute atomic E-state index is 14.1. The Morgan fingerprint density at radius 1 is 1.26 bits per heavy atom. The Kier molecular flexibility index (Phi) is 4.88. The number of amides is 1. The molecule has 1 saturated heterocycles. The first-order valence-corrected chi connectivity index (χ1v) is 11.6. The van der Waals surface area contributed by atoms with Gasteiger partial charge in [0, 0.05) is 5.39 Å². The first-order valence-electron chi connectivity index (χ1n) is 11.6. The van der Waals surface area contributed by atoms with E-state index < -0.39 is 5.82 Å². The summed E-state index contributed by atoms with van der Waals surface area (Å²) in [4.78, 5) is 22.6. The van der Waals surface area contributed by atoms with Crippen LogP contribution >= 0.6 is 0 Å². The number of phenols is 1. The molecule has 1 fully saturated rings. The van der Waals surface area contributed by atoms with Crippen molar-refractivity contribution in [3.05, 3.63) is 53.1 Å². The van der Waals surface area contributed by atoms with Gasteiger partial charge in [0.2, 0.25) is 5.91 Å². The molecule has 2 aliphatic heterocycles. The van der Waals surface area contributed by atoms with Crippen LogP contribution in [0.3, 0.4) is 0 Å². The number of benzene rings is 2. The molecule has 1 atom stereocenters. The standard InChI is InChI=1S/C25H25FN6O2/c1-2-13-9-22(33)17(26)10-16(13)14-5-6-15-19(8-14)30-31-23(15)24-28-20-11-32(12-21(20)29-24)25(34)18-4-3-7-27-18/h5-6,8-10,18,27,33H,2-4,7,11-12H2,1H3,(H,28,29)(H,30,31). The lowest BCUT2D eigenvalue weighted by atomic mass is 9.96. The van der Waals surface area contributed by atoms with Crippen LogP contribution in [0.5, 0.6) is 5.75 Å². The van der Waals surface area contributed by atoms with Gasteiger partial charge in [-0.3, -0.25) is 9.89 Å². The highest BCUT2D eigenvalue weighted by atomic mass is 19.1. The van der Waals surface area contributed by atoms with E-state index in [4.69, 9.17) is 4.98 Å². The number of carbonyl (C=O) groups excluding carboxylic acids is 1. The second-order valence-electron chi connectivity index (χ2n) is 9.00. The lowest BCUT2D eigenvalue weighted by Gasteiger charge is -2.19. The minimum atomic E-state index is -0.640. The Labute approximate surface area is 195 Å². The minimum Gasteiger partial charge on any atom is -0.505 e. The molecule has 2 aromatic carbocycles. The molecule has 174 valence electrons. The van der Waals surface area contributed by atoms with Gasteiger partial charge in [0.1, 0.15) is 5.69 Å². The number of carbonyl (C=O) groups is 1. The lowest BCUT2D eigenvalue weighted by Crippen LogP contribution is -2.41. The SMILES string of the molecule is CCc1cc(O)c(F)cc1-c1ccc2c(-c3nc4c([nH]3)CN(C(=O)C3CCCN3)C4)n[nH]c2c1. The topological polar surface area (TPSA) is 110 Å². The van der Waals surface area contributed by atoms with Crippen molar-refractivity contribution < 1.29 is 14.3 Å². The molecular formula is C25H25FN6O2. The summed E-state index contributed by atoms with van der Waals surface area (Å²) >= 11 is 0. The monoisotopic (exact) mass is 460 g/mol. The number of aromatic nitrogens is 4. The van der Waals surface area contributed by atoms with Crippen molar-refractivity contribution in [2.45, 2.75) is 45.3 Å². The maximum Gasteiger partial charge on any atom is 0.240 e. The quantitative estimate of drug-likeness (QED) is 0.372. The zero-order chi connectivity index (χ0) is 23.4. The van der Waals surface area contributed by atoms with E-state index in [1.165, 1.54) is 12.1 Å². The number of fused-ring (bicyclic) bond motifs is 2. The van der Waals surface area contributed by atoms with Crippen LogP contribution in [0.25, 0.3) is 33.5 Å². The van der Waals surface area contributed by atoms with Gasteiger partial charge in [-0.25, -0.2) is 9.37 Å². The molecule has 0 aliphatic carbocycles. The summed E-state index contributed by atoms with van der Waals surface area (Å²) in [5.41, 5.74) is 5.79. The molecule has 34 heavy (non-hydrogen) atoms. The number of aromatic amines is 2. The third-order valence-corrected chi connectivity index (χ3v) is 6.88. The van der Waals surface area contributed by atoms with E-state index in [1.54, 1.807) is 0 Å². The smallest absolute Gasteiger partial charge is 0.240 e. The fourth-order valence-corrected chi connectivity index (χ4v) is 5.05. The minimum absolute atomic E-state index is 0.0803. The number of halogens is 1. The molecule has 4 aromatic rings. The second kappa shape index (κ2) is 7.95. The number of nitrogens with one attached hydrogen (secondary N) is 3. The van der Waals surface area contributed by atoms with Crippen molar-refractivity contribution in [1.82, 2.24) is 30.4 Å². The Morgan fingerprint density at radius 3 is 2.91 bits per heavy atom. The van der Waals surface area contributed by atoms with Gasteiger partial charge in [0.15, 0.2) is 17.4 Å². The maximum atomic E-state index is 14.1. The summed E-state index contributed by atoms with van der Waals surface area (Å²) in [6.45, 7) is 3.89. The third kappa shape index (κ3) is 3.35. The second-order valence-corrected chi connectivity index (χ2v) is 9.00. The van der Waals surface area contributed by atoms with Crippen molar-refractivity contribution in [3.8, 4) is 28.4 Å². The van der Waals surface area contributed by atoms with E-state index in [0.29, 0.717) is 31.0 Å². The van der Waals surface area contributed by atoms with E-state index in [-0.39, 0.29) is 17.7 Å². The molecule has 0 spiro atoms. The van der Waals surface area contributed by atoms with Gasteiger partial charge >= 0.3 is 0 Å². The highest BCUT2D eigenvalue weighted by Gasteiger charge is 2.33. The van der Waals surface area contributed by atoms with Crippen LogP contribution in [0, 0.1) is 5.82 Å². The number of rotatable bonds is 4. The molecule has 9 heteroatoms. The van der Waals surface area contributed by atoms with Crippen LogP contribution in [0.15, 0.2) is 30.3 Å². The summed E-state index contributed by atoms with van der Waals surface area (Å²) in [5.74, 6) is -0.171. The third-order valence-electron chi connectivity index (χ3n) is 6.88. The van der Waals surface area contributed by atoms with Gasteiger partial charge in [0.25, 0.3) is 0 Å². The van der Waals surface area contributed by atoms with Gasteiger partial charge < -0.3 is 20.3 Å². The lowest BCUT2D eigenvalue weighted by molar-refractivity contribution is -0.133. The van der Waals surface area contributed by atoms with Crippen molar-refractivity contribution in [2.24, 2.45) is 0 Å². The molecule has 4 heterocycles. The van der Waals surface area contributed by atoms with E-state index >= 15 is 0 Å². The van der Waals surface area contributed by atoms with Crippen LogP contribution in [0.4, 0.5) is 4.39 Å². The zero-order valence-corrected chi connectivity index (χ0v) is 18.8. The average Bonchev–Trinajstić information content (AvgIpc) is 3.62. The number of H-pyrrole nitrogens is 2. The Balaban J connectivity index is 1.28. The summed E-state index contributed by atoms with van der Waals surface area (Å²) < 4.78 is 14.1. The summed E-state index contributed by atoms with van der Waals surface area (Å²) in [5, 5.41) is 21.4. The van der Waals surface area contributed by atoms with E-state index in [9.17, 15) is 14.3 Å². The van der Waals surface area contributed by atoms with Crippen molar-refractivity contribution >= 4 is 16.8 Å². The van der Waals surface area contributed by atoms with Crippen molar-refractivity contribution in [2.75, 3.05) is 6.54 Å². The number of aromatic hydroxyl groups is 1. The summed E-state index contributed by atoms with van der Waals surface area (Å²) in [6.07, 6.45) is 2.59. The van der Waals surface area contributed by atoms with Crippen LogP contribution in [-0.2, 0) is 24.3 Å². The Morgan fingerprint density at radius 2 is 2.15 bits per heavy atom. The summed E-state index contributed by atoms with van der Waals surface area (Å²) in [7, 11) is 0. The first-order chi connectivity index (χ1) is 16.5. The molecule has 4 N–H and O–H groups in total. The van der Waals surface area contributed by atoms with Gasteiger partial charge in [-0.2, -0.15) is 5.10 Å². The number of nitrogens with zero attached hydrogens (tertiary/aromatic N) is 3. The predicted molar refractivity (Wildman–Crippen MR) is 125 cm³/mol. The van der Waals surface area contributed by atoms with Gasteiger partial charge in [0.05, 0.1) is 36.0 Å². The molecule has 2 aliphatic rings. The highest BCUT2D eigenvalue weighted by molar-refractivity contribution is 5.94. The molecule has 1 amide bonds. The number of hydrogen-bond donors (Lipinski definition) is 4. The van der Waals surface area contributed by atoms with Crippen LogP contribution < -0.4 is 5.32 Å². The van der Waals surface area contributed by atoms with Gasteiger partial charge in [-0.1, -0.05) is 13.0 Å². The predicted octanol–water partition coefficient (Wildman–Crippen LogP) is 3.62. The molecule has 1 unspecified atom stereocenters. The van der Waals surface area contributed by atoms with Gasteiger partial charge in [-0.15, -0.1) is 0 Å². The fourth-order valence-electron chi connectivity index (χ4n) is 5.05. The van der Waals surface area contributed by atoms with Crippen molar-refractivity contribution in [3.63, 3.8) is 0 Å². The molecular weight excluding hydrogens is 435 g/mol. The van der Waals surface area contributed by atoms with Crippen LogP contribution in [0.1, 0.15) is 36.7 Å². The average molecular weight is 461 g/mol. The Hall–Kier alpha value is -3.72. The molecule has 0 saturated carbocycles. The number of imidazole rings is 1. The van der Waals surface area contributed by atoms with Crippen molar-refractivity contribution in [1.29, 1.82) is 0 Å². The first kappa shape index (κ1) is 20.9. The van der Waals surface area contributed by atoms with Crippen LogP contribution in [0.2, 0.25) is 0 Å². The number of phenolic OH excluding ortho intramolecular Hbond substituents is 1. The van der Waals surface area contributed by atoms with E-state index in [2.05, 4.69) is 20.5 Å². The highest BCUT2D eigenvalue weighted by Crippen LogP contribution is 2.34. The Bertz CT molecular complexity index is 1400. The van der Waals surface area contributed by atoms with E-state index in [0.717, 1.165) is 58.4 Å². The normalized spacial score (nSPS) is 17.6. The number of hydrogen-bond acceptors (Lipinski definition) is 5. The summed E-state index contributed by atoms with van der Waals surface area (Å²) in [6, 6.07) is 8.58. The molecule has 2 aromatic heterocycles. The fraction of sp³-hybridized carbons (Fsp3) is 0.320. The molecule has 6 rings (SSSR count).